The lowest BCUT2D eigenvalue weighted by atomic mass is 9.32. The Morgan fingerprint density at radius 2 is 1.67 bits per heavy atom. The number of amides is 1. The minimum absolute atomic E-state index is 0.00424. The van der Waals surface area contributed by atoms with Crippen LogP contribution in [0.1, 0.15) is 118 Å². The first-order valence-corrected chi connectivity index (χ1v) is 18.2. The van der Waals surface area contributed by atoms with Gasteiger partial charge in [0, 0.05) is 24.3 Å². The second-order valence-corrected chi connectivity index (χ2v) is 17.8. The van der Waals surface area contributed by atoms with Crippen LogP contribution in [0, 0.1) is 56.7 Å². The monoisotopic (exact) mass is 627 g/mol. The molecule has 0 radical (unpaired) electrons. The summed E-state index contributed by atoms with van der Waals surface area (Å²) < 4.78 is 11.5. The van der Waals surface area contributed by atoms with E-state index in [0.29, 0.717) is 36.1 Å². The van der Waals surface area contributed by atoms with Crippen LogP contribution < -0.4 is 5.32 Å². The van der Waals surface area contributed by atoms with Crippen molar-refractivity contribution < 1.29 is 18.7 Å². The van der Waals surface area contributed by atoms with Gasteiger partial charge in [-0.05, 0) is 141 Å². The number of rotatable bonds is 5. The van der Waals surface area contributed by atoms with Crippen molar-refractivity contribution in [2.75, 3.05) is 0 Å². The lowest BCUT2D eigenvalue weighted by Gasteiger charge is -2.72. The Morgan fingerprint density at radius 3 is 2.41 bits per heavy atom. The van der Waals surface area contributed by atoms with Gasteiger partial charge in [0.2, 0.25) is 5.91 Å². The molecule has 10 atom stereocenters. The molecule has 250 valence electrons. The zero-order valence-corrected chi connectivity index (χ0v) is 29.5. The highest BCUT2D eigenvalue weighted by atomic mass is 16.5. The van der Waals surface area contributed by atoms with Crippen LogP contribution in [0.25, 0.3) is 11.0 Å². The minimum Gasteiger partial charge on any atom is -0.464 e. The number of hydrogen-bond acceptors (Lipinski definition) is 4. The van der Waals surface area contributed by atoms with Crippen molar-refractivity contribution in [2.45, 2.75) is 125 Å². The summed E-state index contributed by atoms with van der Waals surface area (Å²) in [5.41, 5.74) is 3.55. The predicted molar refractivity (Wildman–Crippen MR) is 183 cm³/mol. The van der Waals surface area contributed by atoms with Gasteiger partial charge in [-0.1, -0.05) is 52.8 Å². The zero-order valence-electron chi connectivity index (χ0n) is 29.5. The molecule has 5 saturated carbocycles. The van der Waals surface area contributed by atoms with E-state index >= 15 is 0 Å². The molecule has 5 aliphatic carbocycles. The molecule has 5 aliphatic rings. The molecule has 1 aromatic heterocycles. The van der Waals surface area contributed by atoms with Gasteiger partial charge >= 0.3 is 5.97 Å². The van der Waals surface area contributed by atoms with Crippen LogP contribution in [-0.4, -0.2) is 18.0 Å². The van der Waals surface area contributed by atoms with E-state index in [-0.39, 0.29) is 45.1 Å². The summed E-state index contributed by atoms with van der Waals surface area (Å²) in [6, 6.07) is 8.21. The largest absolute Gasteiger partial charge is 0.464 e. The van der Waals surface area contributed by atoms with Crippen LogP contribution in [0.5, 0.6) is 0 Å². The Labute approximate surface area is 276 Å². The summed E-state index contributed by atoms with van der Waals surface area (Å²) in [7, 11) is 0. The van der Waals surface area contributed by atoms with Gasteiger partial charge in [0.25, 0.3) is 0 Å². The molecule has 0 spiro atoms. The van der Waals surface area contributed by atoms with Gasteiger partial charge in [-0.3, -0.25) is 9.59 Å². The molecule has 0 aliphatic heterocycles. The second kappa shape index (κ2) is 10.7. The molecule has 5 heteroatoms. The van der Waals surface area contributed by atoms with E-state index < -0.39 is 0 Å². The van der Waals surface area contributed by atoms with Gasteiger partial charge in [-0.2, -0.15) is 0 Å². The Hall–Kier alpha value is -2.56. The van der Waals surface area contributed by atoms with E-state index in [0.717, 1.165) is 55.1 Å². The van der Waals surface area contributed by atoms with Gasteiger partial charge < -0.3 is 14.5 Å². The summed E-state index contributed by atoms with van der Waals surface area (Å²) in [4.78, 5) is 26.6. The first-order chi connectivity index (χ1) is 21.7. The Kier molecular flexibility index (Phi) is 7.46. The Balaban J connectivity index is 1.18. The first kappa shape index (κ1) is 32.0. The first-order valence-electron chi connectivity index (χ1n) is 18.2. The third kappa shape index (κ3) is 4.38. The smallest absolute Gasteiger partial charge is 0.302 e. The SMILES string of the molecule is C=C(C)[C@@H]1CC[C@]2(C(=O)NCc3ccc4occc4c3)CC[C@]3(C)C(CCC4[C@@]5(C)CC[C@H](OC(C)=O)C(C)(C)C5CC[C@]43C)[C@@H]12. The Morgan fingerprint density at radius 1 is 0.891 bits per heavy atom. The summed E-state index contributed by atoms with van der Waals surface area (Å²) in [5, 5.41) is 4.54. The lowest BCUT2D eigenvalue weighted by Crippen LogP contribution is -2.67. The van der Waals surface area contributed by atoms with Gasteiger partial charge in [0.15, 0.2) is 0 Å². The highest BCUT2D eigenvalue weighted by Crippen LogP contribution is 2.77. The van der Waals surface area contributed by atoms with Crippen molar-refractivity contribution in [3.8, 4) is 0 Å². The third-order valence-electron chi connectivity index (χ3n) is 15.7. The van der Waals surface area contributed by atoms with Gasteiger partial charge in [0.1, 0.15) is 11.7 Å². The van der Waals surface area contributed by atoms with Crippen molar-refractivity contribution in [3.63, 3.8) is 0 Å². The van der Waals surface area contributed by atoms with Crippen molar-refractivity contribution >= 4 is 22.8 Å². The molecule has 3 unspecified atom stereocenters. The lowest BCUT2D eigenvalue weighted by molar-refractivity contribution is -0.248. The number of carbonyl (C=O) groups excluding carboxylic acids is 2. The summed E-state index contributed by atoms with van der Waals surface area (Å²) >= 11 is 0. The fourth-order valence-corrected chi connectivity index (χ4v) is 13.4. The Bertz CT molecular complexity index is 1550. The fraction of sp³-hybridized carbons (Fsp3) is 0.707. The molecule has 5 fully saturated rings. The van der Waals surface area contributed by atoms with E-state index in [1.165, 1.54) is 31.3 Å². The second-order valence-electron chi connectivity index (χ2n) is 17.8. The van der Waals surface area contributed by atoms with Crippen LogP contribution >= 0.6 is 0 Å². The molecule has 2 aromatic rings. The molecule has 0 saturated heterocycles. The molecule has 1 heterocycles. The fourth-order valence-electron chi connectivity index (χ4n) is 13.4. The standard InChI is InChI=1S/C41H57NO4/c1-25(2)29-13-19-41(36(44)42-24-27-9-11-31-28(23-27)16-22-45-31)21-20-39(7)30(35(29)41)10-12-33-38(6)17-15-34(46-26(3)43)37(4,5)32(38)14-18-40(33,39)8/h9,11,16,22-23,29-30,32-35H,1,10,12-15,17-21,24H2,2-8H3,(H,42,44)/t29-,30?,32?,33?,34-,35+,38-,39+,40+,41-/m0/s1. The average molecular weight is 628 g/mol. The summed E-state index contributed by atoms with van der Waals surface area (Å²) in [5.74, 6) is 2.58. The number of allylic oxidation sites excluding steroid dienone is 1. The van der Waals surface area contributed by atoms with Crippen LogP contribution in [0.15, 0.2) is 47.1 Å². The molecule has 7 rings (SSSR count). The van der Waals surface area contributed by atoms with Gasteiger partial charge in [-0.15, -0.1) is 0 Å². The molecule has 5 nitrogen and oxygen atoms in total. The zero-order chi connectivity index (χ0) is 32.9. The maximum atomic E-state index is 14.5. The van der Waals surface area contributed by atoms with Crippen molar-refractivity contribution in [3.05, 3.63) is 48.2 Å². The topological polar surface area (TPSA) is 68.5 Å². The van der Waals surface area contributed by atoms with Crippen molar-refractivity contribution in [1.82, 2.24) is 5.32 Å². The third-order valence-corrected chi connectivity index (χ3v) is 15.7. The van der Waals surface area contributed by atoms with E-state index in [9.17, 15) is 9.59 Å². The van der Waals surface area contributed by atoms with E-state index in [4.69, 9.17) is 9.15 Å². The molecule has 46 heavy (non-hydrogen) atoms. The van der Waals surface area contributed by atoms with E-state index in [1.54, 1.807) is 13.2 Å². The quantitative estimate of drug-likeness (QED) is 0.265. The molecular weight excluding hydrogens is 570 g/mol. The molecular formula is C41H57NO4. The van der Waals surface area contributed by atoms with Crippen LogP contribution in [0.3, 0.4) is 0 Å². The number of ether oxygens (including phenoxy) is 1. The van der Waals surface area contributed by atoms with Crippen LogP contribution in [0.2, 0.25) is 0 Å². The van der Waals surface area contributed by atoms with Crippen molar-refractivity contribution in [2.24, 2.45) is 56.7 Å². The summed E-state index contributed by atoms with van der Waals surface area (Å²) in [6.45, 7) is 21.5. The summed E-state index contributed by atoms with van der Waals surface area (Å²) in [6.07, 6.45) is 12.8. The van der Waals surface area contributed by atoms with Gasteiger partial charge in [0.05, 0.1) is 11.7 Å². The van der Waals surface area contributed by atoms with E-state index in [2.05, 4.69) is 65.6 Å². The maximum absolute atomic E-state index is 14.5. The number of benzene rings is 1. The number of furan rings is 1. The normalized spacial score (nSPS) is 42.7. The minimum atomic E-state index is -0.318. The van der Waals surface area contributed by atoms with E-state index in [1.807, 2.05) is 12.1 Å². The predicted octanol–water partition coefficient (Wildman–Crippen LogP) is 9.64. The molecule has 0 bridgehead atoms. The van der Waals surface area contributed by atoms with Crippen molar-refractivity contribution in [1.29, 1.82) is 0 Å². The number of nitrogens with one attached hydrogen (secondary N) is 1. The number of esters is 1. The van der Waals surface area contributed by atoms with Gasteiger partial charge in [-0.25, -0.2) is 0 Å². The highest BCUT2D eigenvalue weighted by molar-refractivity contribution is 5.84. The van der Waals surface area contributed by atoms with Crippen LogP contribution in [-0.2, 0) is 20.9 Å². The number of fused-ring (bicyclic) bond motifs is 8. The average Bonchev–Trinajstić information content (AvgIpc) is 3.63. The molecule has 1 amide bonds. The number of hydrogen-bond donors (Lipinski definition) is 1. The van der Waals surface area contributed by atoms with Crippen LogP contribution in [0.4, 0.5) is 0 Å². The number of carbonyl (C=O) groups is 2. The maximum Gasteiger partial charge on any atom is 0.302 e. The molecule has 1 N–H and O–H groups in total. The molecule has 1 aromatic carbocycles. The highest BCUT2D eigenvalue weighted by Gasteiger charge is 2.72.